The maximum Gasteiger partial charge on any atom is 0.127 e. The monoisotopic (exact) mass is 234 g/mol. The average Bonchev–Trinajstić information content (AvgIpc) is 2.42. The molecule has 0 atom stereocenters. The minimum absolute atomic E-state index is 0.105. The van der Waals surface area contributed by atoms with Crippen molar-refractivity contribution in [3.63, 3.8) is 0 Å². The third kappa shape index (κ3) is 2.01. The first-order valence-electron chi connectivity index (χ1n) is 6.34. The molecule has 2 nitrogen and oxygen atoms in total. The predicted octanol–water partition coefficient (Wildman–Crippen LogP) is 3.81. The Bertz CT molecular complexity index is 459. The van der Waals surface area contributed by atoms with E-state index in [0.717, 1.165) is 41.7 Å². The molecule has 94 valence electrons. The first-order valence-corrected chi connectivity index (χ1v) is 6.34. The first-order chi connectivity index (χ1) is 7.83. The lowest BCUT2D eigenvalue weighted by Gasteiger charge is -2.27. The van der Waals surface area contributed by atoms with Crippen LogP contribution in [0.4, 0.5) is 0 Å². The maximum absolute atomic E-state index is 10.1. The molecule has 0 bridgehead atoms. The van der Waals surface area contributed by atoms with E-state index in [4.69, 9.17) is 4.74 Å². The summed E-state index contributed by atoms with van der Waals surface area (Å²) in [6, 6.07) is 0. The summed E-state index contributed by atoms with van der Waals surface area (Å²) >= 11 is 0. The smallest absolute Gasteiger partial charge is 0.127 e. The van der Waals surface area contributed by atoms with Gasteiger partial charge in [0.1, 0.15) is 17.1 Å². The van der Waals surface area contributed by atoms with Gasteiger partial charge in [-0.15, -0.1) is 0 Å². The molecule has 0 spiro atoms. The van der Waals surface area contributed by atoms with Crippen LogP contribution in [-0.4, -0.2) is 10.7 Å². The van der Waals surface area contributed by atoms with E-state index in [2.05, 4.69) is 13.8 Å². The Labute approximate surface area is 104 Å². The van der Waals surface area contributed by atoms with Crippen molar-refractivity contribution in [1.29, 1.82) is 0 Å². The molecular weight excluding hydrogens is 212 g/mol. The fourth-order valence-corrected chi connectivity index (χ4v) is 2.63. The maximum atomic E-state index is 10.1. The van der Waals surface area contributed by atoms with E-state index in [1.165, 1.54) is 5.56 Å². The summed E-state index contributed by atoms with van der Waals surface area (Å²) in [5.41, 5.74) is 4.10. The zero-order chi connectivity index (χ0) is 12.8. The molecule has 17 heavy (non-hydrogen) atoms. The lowest BCUT2D eigenvalue weighted by molar-refractivity contribution is 0.102. The van der Waals surface area contributed by atoms with Gasteiger partial charge in [-0.05, 0) is 70.6 Å². The summed E-state index contributed by atoms with van der Waals surface area (Å²) in [4.78, 5) is 0. The van der Waals surface area contributed by atoms with E-state index >= 15 is 0 Å². The van der Waals surface area contributed by atoms with Gasteiger partial charge in [0.05, 0.1) is 0 Å². The van der Waals surface area contributed by atoms with Crippen LogP contribution in [0.5, 0.6) is 11.5 Å². The Kier molecular flexibility index (Phi) is 2.84. The van der Waals surface area contributed by atoms with Crippen LogP contribution in [0.3, 0.4) is 0 Å². The van der Waals surface area contributed by atoms with Gasteiger partial charge in [0, 0.05) is 5.56 Å². The number of ether oxygens (including phenoxy) is 1. The normalized spacial score (nSPS) is 18.2. The molecule has 1 aliphatic heterocycles. The van der Waals surface area contributed by atoms with Gasteiger partial charge in [-0.3, -0.25) is 0 Å². The van der Waals surface area contributed by atoms with Crippen molar-refractivity contribution in [2.45, 2.75) is 59.5 Å². The zero-order valence-electron chi connectivity index (χ0n) is 11.5. The zero-order valence-corrected chi connectivity index (χ0v) is 11.5. The van der Waals surface area contributed by atoms with Crippen LogP contribution >= 0.6 is 0 Å². The molecule has 2 rings (SSSR count). The van der Waals surface area contributed by atoms with Crippen LogP contribution in [0.25, 0.3) is 0 Å². The molecule has 1 aromatic rings. The van der Waals surface area contributed by atoms with Crippen molar-refractivity contribution in [3.05, 3.63) is 22.3 Å². The molecule has 0 aliphatic carbocycles. The number of phenolic OH excluding ortho intramolecular Hbond substituents is 1. The van der Waals surface area contributed by atoms with Gasteiger partial charge in [0.15, 0.2) is 0 Å². The Morgan fingerprint density at radius 3 is 2.35 bits per heavy atom. The van der Waals surface area contributed by atoms with Crippen molar-refractivity contribution in [2.75, 3.05) is 0 Å². The Morgan fingerprint density at radius 2 is 1.71 bits per heavy atom. The standard InChI is InChI=1S/C15H22O2/c1-9-10(2)14-12(11(3)13(9)16)7-6-8-15(4,5)17-14/h16H,6-8H2,1-5H3. The lowest BCUT2D eigenvalue weighted by Crippen LogP contribution is -2.27. The van der Waals surface area contributed by atoms with Crippen molar-refractivity contribution in [3.8, 4) is 11.5 Å². The predicted molar refractivity (Wildman–Crippen MR) is 70.0 cm³/mol. The lowest BCUT2D eigenvalue weighted by atomic mass is 9.94. The van der Waals surface area contributed by atoms with Crippen LogP contribution in [0.15, 0.2) is 0 Å². The van der Waals surface area contributed by atoms with E-state index in [0.29, 0.717) is 5.75 Å². The van der Waals surface area contributed by atoms with E-state index in [-0.39, 0.29) is 5.60 Å². The van der Waals surface area contributed by atoms with E-state index in [9.17, 15) is 5.11 Å². The third-order valence-electron chi connectivity index (χ3n) is 3.92. The van der Waals surface area contributed by atoms with Gasteiger partial charge in [-0.2, -0.15) is 0 Å². The van der Waals surface area contributed by atoms with Crippen LogP contribution in [0, 0.1) is 20.8 Å². The molecular formula is C15H22O2. The molecule has 0 radical (unpaired) electrons. The Balaban J connectivity index is 2.65. The topological polar surface area (TPSA) is 29.5 Å². The minimum Gasteiger partial charge on any atom is -0.507 e. The van der Waals surface area contributed by atoms with Crippen molar-refractivity contribution >= 4 is 0 Å². The number of benzene rings is 1. The SMILES string of the molecule is Cc1c(C)c2c(c(C)c1O)CCCC(C)(C)O2. The molecule has 1 aromatic carbocycles. The van der Waals surface area contributed by atoms with Gasteiger partial charge >= 0.3 is 0 Å². The van der Waals surface area contributed by atoms with E-state index in [1.54, 1.807) is 0 Å². The molecule has 0 saturated carbocycles. The second kappa shape index (κ2) is 3.94. The fraction of sp³-hybridized carbons (Fsp3) is 0.600. The molecule has 1 aliphatic rings. The molecule has 0 fully saturated rings. The summed E-state index contributed by atoms with van der Waals surface area (Å²) in [6.07, 6.45) is 3.17. The molecule has 1 heterocycles. The first kappa shape index (κ1) is 12.3. The second-order valence-corrected chi connectivity index (χ2v) is 5.75. The molecule has 1 N–H and O–H groups in total. The highest BCUT2D eigenvalue weighted by Crippen LogP contribution is 2.41. The van der Waals surface area contributed by atoms with Gasteiger partial charge in [-0.1, -0.05) is 0 Å². The van der Waals surface area contributed by atoms with Crippen LogP contribution < -0.4 is 4.74 Å². The highest BCUT2D eigenvalue weighted by molar-refractivity contribution is 5.57. The minimum atomic E-state index is -0.105. The molecule has 0 amide bonds. The largest absolute Gasteiger partial charge is 0.507 e. The second-order valence-electron chi connectivity index (χ2n) is 5.75. The third-order valence-corrected chi connectivity index (χ3v) is 3.92. The molecule has 2 heteroatoms. The number of phenols is 1. The summed E-state index contributed by atoms with van der Waals surface area (Å²) in [5.74, 6) is 1.44. The fourth-order valence-electron chi connectivity index (χ4n) is 2.63. The van der Waals surface area contributed by atoms with Crippen LogP contribution in [0.1, 0.15) is 48.9 Å². The van der Waals surface area contributed by atoms with Crippen molar-refractivity contribution in [1.82, 2.24) is 0 Å². The summed E-state index contributed by atoms with van der Waals surface area (Å²) in [6.45, 7) is 10.3. The highest BCUT2D eigenvalue weighted by atomic mass is 16.5. The number of hydrogen-bond donors (Lipinski definition) is 1. The number of hydrogen-bond acceptors (Lipinski definition) is 2. The van der Waals surface area contributed by atoms with Crippen molar-refractivity contribution < 1.29 is 9.84 Å². The highest BCUT2D eigenvalue weighted by Gasteiger charge is 2.28. The summed E-state index contributed by atoms with van der Waals surface area (Å²) < 4.78 is 6.18. The van der Waals surface area contributed by atoms with Gasteiger partial charge in [0.25, 0.3) is 0 Å². The van der Waals surface area contributed by atoms with Crippen LogP contribution in [-0.2, 0) is 6.42 Å². The van der Waals surface area contributed by atoms with Crippen LogP contribution in [0.2, 0.25) is 0 Å². The molecule has 0 aromatic heterocycles. The number of aromatic hydroxyl groups is 1. The molecule has 0 saturated heterocycles. The van der Waals surface area contributed by atoms with Gasteiger partial charge in [-0.25, -0.2) is 0 Å². The summed E-state index contributed by atoms with van der Waals surface area (Å²) in [5, 5.41) is 10.1. The summed E-state index contributed by atoms with van der Waals surface area (Å²) in [7, 11) is 0. The Morgan fingerprint density at radius 1 is 1.06 bits per heavy atom. The molecule has 0 unspecified atom stereocenters. The average molecular weight is 234 g/mol. The van der Waals surface area contributed by atoms with Gasteiger partial charge < -0.3 is 9.84 Å². The van der Waals surface area contributed by atoms with E-state index < -0.39 is 0 Å². The van der Waals surface area contributed by atoms with Gasteiger partial charge in [0.2, 0.25) is 0 Å². The Hall–Kier alpha value is -1.18. The van der Waals surface area contributed by atoms with Crippen molar-refractivity contribution in [2.24, 2.45) is 0 Å². The van der Waals surface area contributed by atoms with E-state index in [1.807, 2.05) is 20.8 Å². The quantitative estimate of drug-likeness (QED) is 0.739. The number of rotatable bonds is 0. The number of fused-ring (bicyclic) bond motifs is 1.